The molecule has 0 spiro atoms. The second-order valence-electron chi connectivity index (χ2n) is 6.40. The molecule has 0 aliphatic carbocycles. The zero-order valence-electron chi connectivity index (χ0n) is 15.8. The molecule has 0 saturated carbocycles. The Balaban J connectivity index is 0.00000576. The number of carbonyl (C=O) groups is 1. The Hall–Kier alpha value is -1.51. The molecule has 142 valence electrons. The van der Waals surface area contributed by atoms with Crippen molar-refractivity contribution in [2.45, 2.75) is 46.3 Å². The van der Waals surface area contributed by atoms with E-state index in [9.17, 15) is 4.79 Å². The van der Waals surface area contributed by atoms with Crippen molar-refractivity contribution >= 4 is 36.0 Å². The number of rotatable bonds is 6. The van der Waals surface area contributed by atoms with Gasteiger partial charge in [-0.05, 0) is 38.3 Å². The quantitative estimate of drug-likeness (QED) is 0.263. The van der Waals surface area contributed by atoms with Gasteiger partial charge >= 0.3 is 6.09 Å². The molecule has 25 heavy (non-hydrogen) atoms. The van der Waals surface area contributed by atoms with Gasteiger partial charge in [-0.2, -0.15) is 0 Å². The summed E-state index contributed by atoms with van der Waals surface area (Å²) in [7, 11) is 1.72. The zero-order chi connectivity index (χ0) is 18.0. The van der Waals surface area contributed by atoms with Gasteiger partial charge in [0.25, 0.3) is 0 Å². The SMILES string of the molecule is CCc1ccccc1CNC(=NC)NCCNC(=O)OC(C)(C)C.I. The molecule has 0 heterocycles. The average Bonchev–Trinajstić information content (AvgIpc) is 2.52. The average molecular weight is 462 g/mol. The van der Waals surface area contributed by atoms with Gasteiger partial charge in [0.15, 0.2) is 5.96 Å². The number of guanidine groups is 1. The van der Waals surface area contributed by atoms with Gasteiger partial charge in [-0.1, -0.05) is 31.2 Å². The van der Waals surface area contributed by atoms with Gasteiger partial charge in [-0.3, -0.25) is 4.99 Å². The number of hydrogen-bond donors (Lipinski definition) is 3. The summed E-state index contributed by atoms with van der Waals surface area (Å²) in [5.41, 5.74) is 2.10. The molecule has 1 rings (SSSR count). The number of carbonyl (C=O) groups excluding carboxylic acids is 1. The summed E-state index contributed by atoms with van der Waals surface area (Å²) in [6.07, 6.45) is 0.591. The number of nitrogens with one attached hydrogen (secondary N) is 3. The highest BCUT2D eigenvalue weighted by Gasteiger charge is 2.15. The molecule has 0 aromatic heterocycles. The fraction of sp³-hybridized carbons (Fsp3) is 0.556. The first kappa shape index (κ1) is 23.5. The van der Waals surface area contributed by atoms with E-state index in [1.54, 1.807) is 7.05 Å². The summed E-state index contributed by atoms with van der Waals surface area (Å²) in [5, 5.41) is 9.15. The van der Waals surface area contributed by atoms with Crippen LogP contribution in [0.4, 0.5) is 4.79 Å². The van der Waals surface area contributed by atoms with Gasteiger partial charge < -0.3 is 20.7 Å². The molecule has 7 heteroatoms. The fourth-order valence-corrected chi connectivity index (χ4v) is 2.13. The van der Waals surface area contributed by atoms with Crippen LogP contribution in [0.5, 0.6) is 0 Å². The predicted molar refractivity (Wildman–Crippen MR) is 114 cm³/mol. The van der Waals surface area contributed by atoms with Crippen molar-refractivity contribution in [2.24, 2.45) is 4.99 Å². The van der Waals surface area contributed by atoms with Crippen LogP contribution in [-0.2, 0) is 17.7 Å². The lowest BCUT2D eigenvalue weighted by Crippen LogP contribution is -2.42. The first-order chi connectivity index (χ1) is 11.4. The van der Waals surface area contributed by atoms with Crippen LogP contribution < -0.4 is 16.0 Å². The first-order valence-electron chi connectivity index (χ1n) is 8.34. The summed E-state index contributed by atoms with van der Waals surface area (Å²) in [4.78, 5) is 15.7. The molecule has 6 nitrogen and oxygen atoms in total. The van der Waals surface area contributed by atoms with Crippen LogP contribution in [0, 0.1) is 0 Å². The van der Waals surface area contributed by atoms with E-state index in [1.807, 2.05) is 26.8 Å². The zero-order valence-corrected chi connectivity index (χ0v) is 18.1. The van der Waals surface area contributed by atoms with Crippen molar-refractivity contribution < 1.29 is 9.53 Å². The lowest BCUT2D eigenvalue weighted by molar-refractivity contribution is 0.0529. The van der Waals surface area contributed by atoms with Crippen LogP contribution in [0.1, 0.15) is 38.8 Å². The number of aliphatic imine (C=N–C) groups is 1. The Morgan fingerprint density at radius 1 is 1.08 bits per heavy atom. The summed E-state index contributed by atoms with van der Waals surface area (Å²) in [5.74, 6) is 0.701. The first-order valence-corrected chi connectivity index (χ1v) is 8.34. The largest absolute Gasteiger partial charge is 0.444 e. The topological polar surface area (TPSA) is 74.8 Å². The maximum atomic E-state index is 11.5. The Morgan fingerprint density at radius 3 is 2.24 bits per heavy atom. The summed E-state index contributed by atoms with van der Waals surface area (Å²) < 4.78 is 5.18. The lowest BCUT2D eigenvalue weighted by Gasteiger charge is -2.20. The van der Waals surface area contributed by atoms with E-state index in [0.717, 1.165) is 6.42 Å². The van der Waals surface area contributed by atoms with Gasteiger partial charge in [-0.25, -0.2) is 4.79 Å². The molecule has 0 fully saturated rings. The molecule has 0 aliphatic heterocycles. The molecule has 0 bridgehead atoms. The smallest absolute Gasteiger partial charge is 0.407 e. The minimum Gasteiger partial charge on any atom is -0.444 e. The van der Waals surface area contributed by atoms with Gasteiger partial charge in [0.1, 0.15) is 5.60 Å². The summed E-state index contributed by atoms with van der Waals surface area (Å²) >= 11 is 0. The van der Waals surface area contributed by atoms with Crippen LogP contribution in [0.25, 0.3) is 0 Å². The van der Waals surface area contributed by atoms with Crippen LogP contribution in [0.2, 0.25) is 0 Å². The van der Waals surface area contributed by atoms with Crippen molar-refractivity contribution in [3.05, 3.63) is 35.4 Å². The highest BCUT2D eigenvalue weighted by molar-refractivity contribution is 14.0. The van der Waals surface area contributed by atoms with Crippen molar-refractivity contribution in [3.63, 3.8) is 0 Å². The molecule has 1 amide bonds. The third-order valence-electron chi connectivity index (χ3n) is 3.25. The minimum atomic E-state index is -0.484. The van der Waals surface area contributed by atoms with Gasteiger partial charge in [-0.15, -0.1) is 24.0 Å². The van der Waals surface area contributed by atoms with Gasteiger partial charge in [0, 0.05) is 26.7 Å². The van der Waals surface area contributed by atoms with Crippen molar-refractivity contribution in [3.8, 4) is 0 Å². The Kier molecular flexibility index (Phi) is 11.2. The number of ether oxygens (including phenoxy) is 1. The molecular weight excluding hydrogens is 431 g/mol. The monoisotopic (exact) mass is 462 g/mol. The lowest BCUT2D eigenvalue weighted by atomic mass is 10.1. The molecule has 3 N–H and O–H groups in total. The predicted octanol–water partition coefficient (Wildman–Crippen LogP) is 3.06. The number of aryl methyl sites for hydroxylation is 1. The third kappa shape index (κ3) is 10.2. The molecule has 0 unspecified atom stereocenters. The molecule has 1 aromatic rings. The normalized spacial score (nSPS) is 11.3. The number of halogens is 1. The van der Waals surface area contributed by atoms with Crippen LogP contribution >= 0.6 is 24.0 Å². The van der Waals surface area contributed by atoms with Crippen molar-refractivity contribution in [1.29, 1.82) is 0 Å². The maximum Gasteiger partial charge on any atom is 0.407 e. The van der Waals surface area contributed by atoms with Crippen LogP contribution in [-0.4, -0.2) is 37.8 Å². The molecule has 0 aliphatic rings. The van der Waals surface area contributed by atoms with E-state index < -0.39 is 11.7 Å². The second-order valence-corrected chi connectivity index (χ2v) is 6.40. The number of nitrogens with zero attached hydrogens (tertiary/aromatic N) is 1. The number of benzene rings is 1. The molecule has 0 saturated heterocycles. The molecule has 0 radical (unpaired) electrons. The molecule has 1 aromatic carbocycles. The van der Waals surface area contributed by atoms with E-state index >= 15 is 0 Å². The maximum absolute atomic E-state index is 11.5. The summed E-state index contributed by atoms with van der Waals surface area (Å²) in [6.45, 7) is 9.40. The Labute approximate surface area is 168 Å². The number of alkyl carbamates (subject to hydrolysis) is 1. The fourth-order valence-electron chi connectivity index (χ4n) is 2.13. The van der Waals surface area contributed by atoms with Crippen LogP contribution in [0.15, 0.2) is 29.3 Å². The molecular formula is C18H31IN4O2. The second kappa shape index (κ2) is 11.9. The Bertz CT molecular complexity index is 556. The van der Waals surface area contributed by atoms with Gasteiger partial charge in [0.2, 0.25) is 0 Å². The summed E-state index contributed by atoms with van der Waals surface area (Å²) in [6, 6.07) is 8.34. The number of hydrogen-bond acceptors (Lipinski definition) is 3. The molecule has 0 atom stereocenters. The van der Waals surface area contributed by atoms with E-state index in [4.69, 9.17) is 4.74 Å². The van der Waals surface area contributed by atoms with Gasteiger partial charge in [0.05, 0.1) is 0 Å². The van der Waals surface area contributed by atoms with Crippen LogP contribution in [0.3, 0.4) is 0 Å². The van der Waals surface area contributed by atoms with Crippen molar-refractivity contribution in [2.75, 3.05) is 20.1 Å². The van der Waals surface area contributed by atoms with Crippen molar-refractivity contribution in [1.82, 2.24) is 16.0 Å². The standard InChI is InChI=1S/C18H30N4O2.HI/c1-6-14-9-7-8-10-15(14)13-22-16(19-5)20-11-12-21-17(23)24-18(2,3)4;/h7-10H,6,11-13H2,1-5H3,(H,21,23)(H2,19,20,22);1H. The van der Waals surface area contributed by atoms with E-state index in [0.29, 0.717) is 25.6 Å². The highest BCUT2D eigenvalue weighted by Crippen LogP contribution is 2.08. The third-order valence-corrected chi connectivity index (χ3v) is 3.25. The van der Waals surface area contributed by atoms with E-state index in [2.05, 4.69) is 46.1 Å². The van der Waals surface area contributed by atoms with E-state index in [1.165, 1.54) is 11.1 Å². The Morgan fingerprint density at radius 2 is 1.68 bits per heavy atom. The minimum absolute atomic E-state index is 0. The van der Waals surface area contributed by atoms with E-state index in [-0.39, 0.29) is 24.0 Å². The number of amides is 1. The highest BCUT2D eigenvalue weighted by atomic mass is 127.